The van der Waals surface area contributed by atoms with Crippen LogP contribution in [0.25, 0.3) is 0 Å². The third-order valence-electron chi connectivity index (χ3n) is 5.43. The Morgan fingerprint density at radius 2 is 2.08 bits per heavy atom. The van der Waals surface area contributed by atoms with Gasteiger partial charge in [-0.25, -0.2) is 4.39 Å². The lowest BCUT2D eigenvalue weighted by molar-refractivity contribution is -0.150. The molecule has 1 aliphatic carbocycles. The van der Waals surface area contributed by atoms with Crippen molar-refractivity contribution in [2.75, 3.05) is 13.7 Å². The molecule has 2 aliphatic heterocycles. The fourth-order valence-electron chi connectivity index (χ4n) is 3.84. The molecule has 0 unspecified atom stereocenters. The number of allylic oxidation sites excluding steroid dienone is 1. The van der Waals surface area contributed by atoms with Gasteiger partial charge in [0, 0.05) is 19.1 Å². The Morgan fingerprint density at radius 1 is 1.46 bits per heavy atom. The Labute approximate surface area is 137 Å². The second-order valence-corrected chi connectivity index (χ2v) is 6.97. The molecule has 0 aromatic heterocycles. The van der Waals surface area contributed by atoms with E-state index in [4.69, 9.17) is 14.2 Å². The molecule has 0 radical (unpaired) electrons. The van der Waals surface area contributed by atoms with E-state index in [1.165, 1.54) is 7.11 Å². The zero-order chi connectivity index (χ0) is 17.9. The molecule has 3 rings (SSSR count). The van der Waals surface area contributed by atoms with Gasteiger partial charge in [-0.3, -0.25) is 4.79 Å². The molecule has 6 atom stereocenters. The number of halogens is 4. The van der Waals surface area contributed by atoms with Crippen LogP contribution in [0.5, 0.6) is 0 Å². The number of carbonyl (C=O) groups is 1. The van der Waals surface area contributed by atoms with Gasteiger partial charge in [-0.15, -0.1) is 0 Å². The lowest BCUT2D eigenvalue weighted by atomic mass is 9.68. The number of ketones is 1. The van der Waals surface area contributed by atoms with E-state index in [2.05, 4.69) is 0 Å². The van der Waals surface area contributed by atoms with E-state index in [1.807, 2.05) is 0 Å². The highest BCUT2D eigenvalue weighted by molar-refractivity contribution is 5.89. The van der Waals surface area contributed by atoms with E-state index >= 15 is 0 Å². The maximum absolute atomic E-state index is 13.9. The standard InChI is InChI=1S/C16H20F4O4/c1-8(16(18,19)20)4-5-10-14(2,24-10)13-12(22-3)11(21)9(17)6-15(13)7-23-15/h4,9-10,12-13H,5-7H2,1-3H3/b8-4+/t9-,10+,12+,13+,14-,15-/m0/s1. The summed E-state index contributed by atoms with van der Waals surface area (Å²) in [5.74, 6) is -1.18. The van der Waals surface area contributed by atoms with Crippen LogP contribution in [-0.2, 0) is 19.0 Å². The number of Topliss-reactive ketones (excluding diaryl/α,β-unsaturated/α-hetero) is 1. The van der Waals surface area contributed by atoms with Crippen molar-refractivity contribution >= 4 is 5.78 Å². The Hall–Kier alpha value is -0.990. The van der Waals surface area contributed by atoms with Gasteiger partial charge in [-0.1, -0.05) is 6.08 Å². The zero-order valence-electron chi connectivity index (χ0n) is 13.7. The first kappa shape index (κ1) is 17.8. The van der Waals surface area contributed by atoms with Crippen LogP contribution in [0.1, 0.15) is 26.7 Å². The van der Waals surface area contributed by atoms with Crippen molar-refractivity contribution in [2.45, 2.75) is 62.4 Å². The van der Waals surface area contributed by atoms with E-state index in [-0.39, 0.29) is 12.8 Å². The molecular formula is C16H20F4O4. The average molecular weight is 352 g/mol. The van der Waals surface area contributed by atoms with E-state index in [0.29, 0.717) is 6.61 Å². The highest BCUT2D eigenvalue weighted by Crippen LogP contribution is 2.59. The number of hydrogen-bond donors (Lipinski definition) is 0. The molecule has 2 saturated heterocycles. The number of rotatable bonds is 4. The normalized spacial score (nSPS) is 45.6. The Balaban J connectivity index is 1.77. The molecule has 1 spiro atoms. The molecule has 3 aliphatic rings. The molecule has 8 heteroatoms. The van der Waals surface area contributed by atoms with Crippen LogP contribution >= 0.6 is 0 Å². The van der Waals surface area contributed by atoms with Crippen molar-refractivity contribution < 1.29 is 36.6 Å². The minimum atomic E-state index is -4.37. The fourth-order valence-corrected chi connectivity index (χ4v) is 3.84. The minimum absolute atomic E-state index is 0.0561. The minimum Gasteiger partial charge on any atom is -0.373 e. The van der Waals surface area contributed by atoms with Crippen LogP contribution in [0.4, 0.5) is 17.6 Å². The number of ether oxygens (including phenoxy) is 3. The van der Waals surface area contributed by atoms with Crippen LogP contribution in [-0.4, -0.2) is 55.3 Å². The molecule has 0 N–H and O–H groups in total. The molecule has 24 heavy (non-hydrogen) atoms. The van der Waals surface area contributed by atoms with Crippen LogP contribution in [0.15, 0.2) is 11.6 Å². The predicted molar refractivity (Wildman–Crippen MR) is 75.2 cm³/mol. The number of methoxy groups -OCH3 is 1. The van der Waals surface area contributed by atoms with Crippen LogP contribution in [0.2, 0.25) is 0 Å². The Bertz CT molecular complexity index is 569. The summed E-state index contributed by atoms with van der Waals surface area (Å²) in [6.07, 6.45) is -6.43. The van der Waals surface area contributed by atoms with Crippen LogP contribution in [0, 0.1) is 5.92 Å². The number of carbonyl (C=O) groups excluding carboxylic acids is 1. The first-order chi connectivity index (χ1) is 11.0. The maximum atomic E-state index is 13.9. The molecule has 0 bridgehead atoms. The van der Waals surface area contributed by atoms with Crippen LogP contribution < -0.4 is 0 Å². The molecule has 4 nitrogen and oxygen atoms in total. The summed E-state index contributed by atoms with van der Waals surface area (Å²) in [4.78, 5) is 12.1. The summed E-state index contributed by atoms with van der Waals surface area (Å²) >= 11 is 0. The zero-order valence-corrected chi connectivity index (χ0v) is 13.7. The summed E-state index contributed by atoms with van der Waals surface area (Å²) < 4.78 is 68.0. The lowest BCUT2D eigenvalue weighted by Gasteiger charge is -2.38. The average Bonchev–Trinajstić information content (AvgIpc) is 3.38. The van der Waals surface area contributed by atoms with Gasteiger partial charge < -0.3 is 14.2 Å². The summed E-state index contributed by atoms with van der Waals surface area (Å²) in [5.41, 5.74) is -2.38. The van der Waals surface area contributed by atoms with Gasteiger partial charge in [0.25, 0.3) is 0 Å². The van der Waals surface area contributed by atoms with E-state index in [9.17, 15) is 22.4 Å². The van der Waals surface area contributed by atoms with E-state index < -0.39 is 53.0 Å². The summed E-state index contributed by atoms with van der Waals surface area (Å²) in [5, 5.41) is 0. The fraction of sp³-hybridized carbons (Fsp3) is 0.812. The number of alkyl halides is 4. The van der Waals surface area contributed by atoms with E-state index in [0.717, 1.165) is 13.0 Å². The van der Waals surface area contributed by atoms with E-state index in [1.54, 1.807) is 6.92 Å². The van der Waals surface area contributed by atoms with Gasteiger partial charge >= 0.3 is 6.18 Å². The van der Waals surface area contributed by atoms with Crippen molar-refractivity contribution in [3.05, 3.63) is 11.6 Å². The Morgan fingerprint density at radius 3 is 2.58 bits per heavy atom. The van der Waals surface area contributed by atoms with Gasteiger partial charge in [0.2, 0.25) is 0 Å². The van der Waals surface area contributed by atoms with Crippen molar-refractivity contribution in [1.29, 1.82) is 0 Å². The molecule has 1 saturated carbocycles. The summed E-state index contributed by atoms with van der Waals surface area (Å²) in [6, 6.07) is 0. The third kappa shape index (κ3) is 2.78. The third-order valence-corrected chi connectivity index (χ3v) is 5.43. The Kier molecular flexibility index (Phi) is 4.09. The SMILES string of the molecule is CO[C@@H]1C(=O)[C@@H](F)C[C@]2(CO2)[C@H]1[C@@]1(C)O[C@@H]1C/C=C(\C)C(F)(F)F. The van der Waals surface area contributed by atoms with Crippen molar-refractivity contribution in [3.63, 3.8) is 0 Å². The quantitative estimate of drug-likeness (QED) is 0.444. The second-order valence-electron chi connectivity index (χ2n) is 6.97. The topological polar surface area (TPSA) is 51.4 Å². The first-order valence-corrected chi connectivity index (χ1v) is 7.81. The van der Waals surface area contributed by atoms with Gasteiger partial charge in [0.15, 0.2) is 12.0 Å². The first-order valence-electron chi connectivity index (χ1n) is 7.81. The summed E-state index contributed by atoms with van der Waals surface area (Å²) in [6.45, 7) is 3.02. The monoisotopic (exact) mass is 352 g/mol. The number of epoxide rings is 2. The molecular weight excluding hydrogens is 332 g/mol. The largest absolute Gasteiger partial charge is 0.412 e. The number of hydrogen-bond acceptors (Lipinski definition) is 4. The summed E-state index contributed by atoms with van der Waals surface area (Å²) in [7, 11) is 1.32. The second kappa shape index (κ2) is 5.51. The molecule has 136 valence electrons. The van der Waals surface area contributed by atoms with Gasteiger partial charge in [0.1, 0.15) is 17.3 Å². The lowest BCUT2D eigenvalue weighted by Crippen LogP contribution is -2.56. The van der Waals surface area contributed by atoms with Crippen molar-refractivity contribution in [1.82, 2.24) is 0 Å². The predicted octanol–water partition coefficient (Wildman–Crippen LogP) is 2.75. The van der Waals surface area contributed by atoms with Crippen LogP contribution in [0.3, 0.4) is 0 Å². The van der Waals surface area contributed by atoms with Gasteiger partial charge in [-0.2, -0.15) is 13.2 Å². The van der Waals surface area contributed by atoms with Crippen molar-refractivity contribution in [2.24, 2.45) is 5.92 Å². The van der Waals surface area contributed by atoms with Crippen molar-refractivity contribution in [3.8, 4) is 0 Å². The molecule has 0 amide bonds. The molecule has 3 fully saturated rings. The molecule has 0 aromatic carbocycles. The highest BCUT2D eigenvalue weighted by atomic mass is 19.4. The van der Waals surface area contributed by atoms with Gasteiger partial charge in [0.05, 0.1) is 18.6 Å². The molecule has 0 aromatic rings. The maximum Gasteiger partial charge on any atom is 0.412 e. The van der Waals surface area contributed by atoms with Gasteiger partial charge in [-0.05, 0) is 20.3 Å². The molecule has 2 heterocycles. The smallest absolute Gasteiger partial charge is 0.373 e. The highest BCUT2D eigenvalue weighted by Gasteiger charge is 2.73.